The number of alkyl halides is 2. The van der Waals surface area contributed by atoms with Crippen LogP contribution in [0.3, 0.4) is 0 Å². The summed E-state index contributed by atoms with van der Waals surface area (Å²) in [5, 5.41) is 12.3. The van der Waals surface area contributed by atoms with E-state index in [1.54, 1.807) is 29.2 Å². The summed E-state index contributed by atoms with van der Waals surface area (Å²) < 4.78 is 78.5. The molecule has 3 heterocycles. The lowest BCUT2D eigenvalue weighted by Crippen LogP contribution is -2.30. The highest BCUT2D eigenvalue weighted by Crippen LogP contribution is 2.38. The summed E-state index contributed by atoms with van der Waals surface area (Å²) in [6, 6.07) is 11.4. The first-order valence-electron chi connectivity index (χ1n) is 14.7. The molecule has 2 aromatic heterocycles. The number of carboxylic acids is 1. The molecule has 1 saturated carbocycles. The van der Waals surface area contributed by atoms with Gasteiger partial charge < -0.3 is 24.8 Å². The topological polar surface area (TPSA) is 148 Å². The van der Waals surface area contributed by atoms with Crippen molar-refractivity contribution in [2.45, 2.75) is 55.6 Å². The molecular weight excluding hydrogens is 641 g/mol. The van der Waals surface area contributed by atoms with Crippen LogP contribution in [0.5, 0.6) is 5.75 Å². The Hall–Kier alpha value is -4.76. The number of aryl methyl sites for hydroxylation is 1. The fourth-order valence-electron chi connectivity index (χ4n) is 5.12. The van der Waals surface area contributed by atoms with E-state index in [1.807, 2.05) is 0 Å². The molecule has 1 aliphatic heterocycles. The minimum Gasteiger partial charge on any atom is -0.488 e. The van der Waals surface area contributed by atoms with Crippen LogP contribution in [0.25, 0.3) is 10.8 Å². The molecule has 1 fully saturated rings. The first-order valence-corrected chi connectivity index (χ1v) is 16.3. The SMILES string of the molecule is O=C(O)CCc1ccc2c(n1)N(c1ccc3cnc(CNC(=O)c4cc(COC5CC5)cc(S(=O)(=O)C(F)F)c4)cc3c1F)CCO2. The highest BCUT2D eigenvalue weighted by molar-refractivity contribution is 7.91. The molecule has 0 saturated heterocycles. The van der Waals surface area contributed by atoms with Crippen molar-refractivity contribution in [1.29, 1.82) is 0 Å². The number of halogens is 3. The fraction of sp³-hybridized carbons (Fsp3) is 0.312. The number of carbonyl (C=O) groups excluding carboxylic acids is 1. The van der Waals surface area contributed by atoms with Crippen LogP contribution < -0.4 is 15.0 Å². The van der Waals surface area contributed by atoms with Crippen LogP contribution >= 0.6 is 0 Å². The van der Waals surface area contributed by atoms with E-state index in [0.717, 1.165) is 25.0 Å². The van der Waals surface area contributed by atoms with Crippen LogP contribution in [0, 0.1) is 5.82 Å². The number of benzene rings is 2. The Kier molecular flexibility index (Phi) is 9.01. The van der Waals surface area contributed by atoms with Gasteiger partial charge in [-0.05, 0) is 60.9 Å². The molecule has 6 rings (SSSR count). The van der Waals surface area contributed by atoms with Crippen molar-refractivity contribution < 1.29 is 45.8 Å². The molecule has 2 N–H and O–H groups in total. The van der Waals surface area contributed by atoms with Crippen LogP contribution in [0.4, 0.5) is 24.7 Å². The Balaban J connectivity index is 1.24. The zero-order valence-electron chi connectivity index (χ0n) is 24.8. The number of rotatable bonds is 12. The van der Waals surface area contributed by atoms with Crippen molar-refractivity contribution >= 4 is 44.0 Å². The summed E-state index contributed by atoms with van der Waals surface area (Å²) in [5.41, 5.74) is 1.12. The number of pyridine rings is 2. The Labute approximate surface area is 267 Å². The molecule has 47 heavy (non-hydrogen) atoms. The van der Waals surface area contributed by atoms with Crippen molar-refractivity contribution in [3.8, 4) is 5.75 Å². The molecule has 1 aliphatic carbocycles. The number of amides is 1. The van der Waals surface area contributed by atoms with E-state index in [0.29, 0.717) is 22.6 Å². The van der Waals surface area contributed by atoms with Crippen molar-refractivity contribution in [3.05, 3.63) is 83.1 Å². The third-order valence-corrected chi connectivity index (χ3v) is 9.08. The van der Waals surface area contributed by atoms with Crippen LogP contribution in [0.1, 0.15) is 46.6 Å². The standard InChI is InChI=1S/C32H29F3N4O7S/c33-29-25-14-22(16-37-31(42)20-11-18(17-46-23-4-5-23)12-24(13-20)47(43,44)32(34)35)36-15-19(25)1-6-26(29)39-9-10-45-27-7-2-21(38-30(27)39)3-8-28(40)41/h1-2,6-7,11-15,23,32H,3-5,8-10,16-17H2,(H,37,42)(H,40,41). The molecule has 0 bridgehead atoms. The average Bonchev–Trinajstić information content (AvgIpc) is 3.90. The van der Waals surface area contributed by atoms with Crippen LogP contribution in [0.15, 0.2) is 59.6 Å². The lowest BCUT2D eigenvalue weighted by atomic mass is 10.1. The molecule has 11 nitrogen and oxygen atoms in total. The molecule has 0 radical (unpaired) electrons. The number of ether oxygens (including phenoxy) is 2. The molecule has 2 aliphatic rings. The fourth-order valence-corrected chi connectivity index (χ4v) is 5.94. The molecule has 246 valence electrons. The van der Waals surface area contributed by atoms with Gasteiger partial charge in [0, 0.05) is 34.6 Å². The Morgan fingerprint density at radius 1 is 1.11 bits per heavy atom. The molecule has 1 amide bonds. The largest absolute Gasteiger partial charge is 0.488 e. The summed E-state index contributed by atoms with van der Waals surface area (Å²) in [4.78, 5) is 33.9. The second-order valence-electron chi connectivity index (χ2n) is 11.2. The van der Waals surface area contributed by atoms with Gasteiger partial charge in [-0.3, -0.25) is 14.6 Å². The third-order valence-electron chi connectivity index (χ3n) is 7.72. The molecule has 2 aromatic carbocycles. The molecule has 4 aromatic rings. The lowest BCUT2D eigenvalue weighted by molar-refractivity contribution is -0.137. The zero-order valence-corrected chi connectivity index (χ0v) is 25.6. The number of carboxylic acid groups (broad SMARTS) is 1. The second-order valence-corrected chi connectivity index (χ2v) is 13.1. The number of nitrogens with zero attached hydrogens (tertiary/aromatic N) is 3. The third kappa shape index (κ3) is 7.15. The summed E-state index contributed by atoms with van der Waals surface area (Å²) in [7, 11) is -4.98. The van der Waals surface area contributed by atoms with E-state index in [9.17, 15) is 26.8 Å². The van der Waals surface area contributed by atoms with Gasteiger partial charge in [0.05, 0.1) is 48.5 Å². The van der Waals surface area contributed by atoms with E-state index < -0.39 is 38.2 Å². The summed E-state index contributed by atoms with van der Waals surface area (Å²) in [6.45, 7) is 0.334. The summed E-state index contributed by atoms with van der Waals surface area (Å²) in [6.07, 6.45) is 3.23. The predicted molar refractivity (Wildman–Crippen MR) is 163 cm³/mol. The predicted octanol–water partition coefficient (Wildman–Crippen LogP) is 4.92. The Bertz CT molecular complexity index is 1970. The van der Waals surface area contributed by atoms with Crippen molar-refractivity contribution in [1.82, 2.24) is 15.3 Å². The normalized spacial score (nSPS) is 14.6. The summed E-state index contributed by atoms with van der Waals surface area (Å²) in [5.74, 6) is -5.16. The van der Waals surface area contributed by atoms with Crippen molar-refractivity contribution in [3.63, 3.8) is 0 Å². The highest BCUT2D eigenvalue weighted by atomic mass is 32.2. The van der Waals surface area contributed by atoms with Gasteiger partial charge in [0.1, 0.15) is 6.61 Å². The van der Waals surface area contributed by atoms with Gasteiger partial charge >= 0.3 is 11.7 Å². The van der Waals surface area contributed by atoms with Crippen LogP contribution in [0.2, 0.25) is 0 Å². The van der Waals surface area contributed by atoms with Gasteiger partial charge in [0.25, 0.3) is 5.91 Å². The Morgan fingerprint density at radius 2 is 1.91 bits per heavy atom. The van der Waals surface area contributed by atoms with Gasteiger partial charge in [-0.1, -0.05) is 6.07 Å². The monoisotopic (exact) mass is 670 g/mol. The first kappa shape index (κ1) is 32.2. The van der Waals surface area contributed by atoms with Crippen LogP contribution in [-0.4, -0.2) is 60.4 Å². The molecule has 0 unspecified atom stereocenters. The number of carbonyl (C=O) groups is 2. The average molecular weight is 671 g/mol. The zero-order chi connectivity index (χ0) is 33.3. The Morgan fingerprint density at radius 3 is 2.66 bits per heavy atom. The first-order chi connectivity index (χ1) is 22.5. The van der Waals surface area contributed by atoms with Gasteiger partial charge in [0.15, 0.2) is 17.4 Å². The van der Waals surface area contributed by atoms with Gasteiger partial charge in [0.2, 0.25) is 9.84 Å². The maximum Gasteiger partial charge on any atom is 0.341 e. The second kappa shape index (κ2) is 13.2. The smallest absolute Gasteiger partial charge is 0.341 e. The lowest BCUT2D eigenvalue weighted by Gasteiger charge is -2.31. The number of anilines is 2. The molecule has 0 spiro atoms. The number of hydrogen-bond donors (Lipinski definition) is 2. The summed E-state index contributed by atoms with van der Waals surface area (Å²) >= 11 is 0. The van der Waals surface area contributed by atoms with E-state index in [1.165, 1.54) is 18.3 Å². The minimum atomic E-state index is -4.98. The van der Waals surface area contributed by atoms with Crippen molar-refractivity contribution in [2.75, 3.05) is 18.1 Å². The number of hydrogen-bond acceptors (Lipinski definition) is 9. The minimum absolute atomic E-state index is 0.0121. The number of nitrogens with one attached hydrogen (secondary N) is 1. The van der Waals surface area contributed by atoms with E-state index in [4.69, 9.17) is 14.6 Å². The van der Waals surface area contributed by atoms with Gasteiger partial charge in [-0.2, -0.15) is 8.78 Å². The maximum absolute atomic E-state index is 16.1. The number of fused-ring (bicyclic) bond motifs is 2. The van der Waals surface area contributed by atoms with E-state index in [-0.39, 0.29) is 73.1 Å². The van der Waals surface area contributed by atoms with Crippen molar-refractivity contribution in [2.24, 2.45) is 0 Å². The quantitative estimate of drug-likeness (QED) is 0.213. The number of sulfone groups is 1. The maximum atomic E-state index is 16.1. The highest BCUT2D eigenvalue weighted by Gasteiger charge is 2.29. The molecule has 0 atom stereocenters. The molecular formula is C32H29F3N4O7S. The van der Waals surface area contributed by atoms with E-state index >= 15 is 4.39 Å². The molecule has 15 heteroatoms. The number of aromatic nitrogens is 2. The number of aliphatic carboxylic acids is 1. The van der Waals surface area contributed by atoms with E-state index in [2.05, 4.69) is 15.3 Å². The van der Waals surface area contributed by atoms with Gasteiger partial charge in [-0.15, -0.1) is 0 Å². The van der Waals surface area contributed by atoms with Crippen LogP contribution in [-0.2, 0) is 38.9 Å². The van der Waals surface area contributed by atoms with Gasteiger partial charge in [-0.25, -0.2) is 17.8 Å².